The van der Waals surface area contributed by atoms with E-state index in [9.17, 15) is 0 Å². The summed E-state index contributed by atoms with van der Waals surface area (Å²) >= 11 is 0. The number of aromatic nitrogens is 1. The molecule has 3 nitrogen and oxygen atoms in total. The smallest absolute Gasteiger partial charge is 0.0460 e. The minimum Gasteiger partial charge on any atom is -0.396 e. The average molecular weight is 194 g/mol. The zero-order chi connectivity index (χ0) is 9.80. The van der Waals surface area contributed by atoms with Gasteiger partial charge in [0.25, 0.3) is 0 Å². The van der Waals surface area contributed by atoms with Crippen LogP contribution in [0.2, 0.25) is 0 Å². The fraction of sp³-hybridized carbons (Fsp3) is 0.636. The zero-order valence-electron chi connectivity index (χ0n) is 8.45. The number of aromatic amines is 1. The molecule has 2 N–H and O–H groups in total. The summed E-state index contributed by atoms with van der Waals surface area (Å²) in [4.78, 5) is 5.53. The van der Waals surface area contributed by atoms with Crippen molar-refractivity contribution in [3.05, 3.63) is 24.0 Å². The lowest BCUT2D eigenvalue weighted by Gasteiger charge is -2.30. The summed E-state index contributed by atoms with van der Waals surface area (Å²) in [5, 5.41) is 9.01. The maximum atomic E-state index is 9.01. The highest BCUT2D eigenvalue weighted by Gasteiger charge is 2.18. The molecule has 0 unspecified atom stereocenters. The first-order chi connectivity index (χ1) is 6.88. The van der Waals surface area contributed by atoms with Crippen LogP contribution in [0.25, 0.3) is 0 Å². The van der Waals surface area contributed by atoms with Gasteiger partial charge in [-0.15, -0.1) is 0 Å². The molecule has 0 aromatic carbocycles. The molecule has 78 valence electrons. The summed E-state index contributed by atoms with van der Waals surface area (Å²) in [5.74, 6) is 0.539. The first-order valence-electron chi connectivity index (χ1n) is 5.33. The minimum atomic E-state index is 0.359. The Kier molecular flexibility index (Phi) is 3.22. The third kappa shape index (κ3) is 2.36. The molecule has 0 radical (unpaired) electrons. The first-order valence-corrected chi connectivity index (χ1v) is 5.33. The van der Waals surface area contributed by atoms with E-state index in [1.54, 1.807) is 0 Å². The van der Waals surface area contributed by atoms with Gasteiger partial charge in [-0.1, -0.05) is 0 Å². The quantitative estimate of drug-likeness (QED) is 0.759. The van der Waals surface area contributed by atoms with Gasteiger partial charge >= 0.3 is 0 Å². The van der Waals surface area contributed by atoms with Gasteiger partial charge in [-0.3, -0.25) is 4.90 Å². The monoisotopic (exact) mass is 194 g/mol. The van der Waals surface area contributed by atoms with Crippen molar-refractivity contribution in [1.29, 1.82) is 0 Å². The van der Waals surface area contributed by atoms with E-state index in [4.69, 9.17) is 5.11 Å². The number of aliphatic hydroxyl groups is 1. The van der Waals surface area contributed by atoms with Crippen molar-refractivity contribution >= 4 is 0 Å². The number of hydrogen-bond donors (Lipinski definition) is 2. The van der Waals surface area contributed by atoms with Crippen LogP contribution in [0.5, 0.6) is 0 Å². The van der Waals surface area contributed by atoms with Crippen LogP contribution in [0.15, 0.2) is 18.5 Å². The first kappa shape index (κ1) is 9.74. The third-order valence-electron chi connectivity index (χ3n) is 3.03. The summed E-state index contributed by atoms with van der Waals surface area (Å²) in [6.07, 6.45) is 6.30. The molecule has 0 aliphatic carbocycles. The number of nitrogens with one attached hydrogen (secondary N) is 1. The van der Waals surface area contributed by atoms with Gasteiger partial charge in [-0.2, -0.15) is 0 Å². The van der Waals surface area contributed by atoms with Gasteiger partial charge in [0, 0.05) is 25.5 Å². The van der Waals surface area contributed by atoms with Crippen LogP contribution in [0.4, 0.5) is 0 Å². The maximum Gasteiger partial charge on any atom is 0.0460 e. The number of piperidine rings is 1. The van der Waals surface area contributed by atoms with E-state index < -0.39 is 0 Å². The van der Waals surface area contributed by atoms with Gasteiger partial charge in [-0.05, 0) is 43.5 Å². The fourth-order valence-electron chi connectivity index (χ4n) is 2.04. The predicted octanol–water partition coefficient (Wildman–Crippen LogP) is 1.22. The average Bonchev–Trinajstić information content (AvgIpc) is 2.72. The van der Waals surface area contributed by atoms with Gasteiger partial charge in [0.1, 0.15) is 0 Å². The Morgan fingerprint density at radius 3 is 2.79 bits per heavy atom. The largest absolute Gasteiger partial charge is 0.396 e. The van der Waals surface area contributed by atoms with Crippen LogP contribution in [-0.4, -0.2) is 34.7 Å². The van der Waals surface area contributed by atoms with E-state index >= 15 is 0 Å². The molecule has 2 heterocycles. The van der Waals surface area contributed by atoms with Crippen LogP contribution in [0.1, 0.15) is 18.4 Å². The van der Waals surface area contributed by atoms with Crippen molar-refractivity contribution in [2.75, 3.05) is 19.7 Å². The molecule has 1 saturated heterocycles. The number of rotatable bonds is 3. The molecular formula is C11H18N2O. The molecule has 1 aromatic heterocycles. The Morgan fingerprint density at radius 2 is 2.21 bits per heavy atom. The van der Waals surface area contributed by atoms with Crippen molar-refractivity contribution < 1.29 is 5.11 Å². The Hall–Kier alpha value is -0.800. The molecule has 3 heteroatoms. The zero-order valence-corrected chi connectivity index (χ0v) is 8.45. The molecule has 0 amide bonds. The highest BCUT2D eigenvalue weighted by atomic mass is 16.3. The second kappa shape index (κ2) is 4.62. The molecule has 1 aliphatic heterocycles. The molecule has 2 rings (SSSR count). The predicted molar refractivity (Wildman–Crippen MR) is 55.9 cm³/mol. The summed E-state index contributed by atoms with van der Waals surface area (Å²) in [6.45, 7) is 3.65. The summed E-state index contributed by atoms with van der Waals surface area (Å²) in [7, 11) is 0. The lowest BCUT2D eigenvalue weighted by molar-refractivity contribution is 0.127. The van der Waals surface area contributed by atoms with Crippen LogP contribution in [0.3, 0.4) is 0 Å². The SMILES string of the molecule is OCC1CCN(Cc2cc[nH]c2)CC1. The van der Waals surface area contributed by atoms with E-state index in [0.717, 1.165) is 32.5 Å². The molecule has 14 heavy (non-hydrogen) atoms. The number of aliphatic hydroxyl groups excluding tert-OH is 1. The van der Waals surface area contributed by atoms with Crippen molar-refractivity contribution in [2.45, 2.75) is 19.4 Å². The van der Waals surface area contributed by atoms with Crippen LogP contribution < -0.4 is 0 Å². The van der Waals surface area contributed by atoms with Gasteiger partial charge in [-0.25, -0.2) is 0 Å². The Labute approximate surface area is 84.7 Å². The molecule has 1 aromatic rings. The second-order valence-electron chi connectivity index (χ2n) is 4.12. The van der Waals surface area contributed by atoms with E-state index in [0.29, 0.717) is 12.5 Å². The normalized spacial score (nSPS) is 20.1. The van der Waals surface area contributed by atoms with Gasteiger partial charge < -0.3 is 10.1 Å². The molecule has 1 fully saturated rings. The standard InChI is InChI=1S/C11H18N2O/c14-9-10-2-5-13(6-3-10)8-11-1-4-12-7-11/h1,4,7,10,12,14H,2-3,5-6,8-9H2. The lowest BCUT2D eigenvalue weighted by Crippen LogP contribution is -2.34. The molecule has 1 aliphatic rings. The highest BCUT2D eigenvalue weighted by molar-refractivity contribution is 5.08. The fourth-order valence-corrected chi connectivity index (χ4v) is 2.04. The number of likely N-dealkylation sites (tertiary alicyclic amines) is 1. The molecule has 0 atom stereocenters. The third-order valence-corrected chi connectivity index (χ3v) is 3.03. The number of nitrogens with zero attached hydrogens (tertiary/aromatic N) is 1. The summed E-state index contributed by atoms with van der Waals surface area (Å²) in [5.41, 5.74) is 1.35. The van der Waals surface area contributed by atoms with E-state index in [2.05, 4.69) is 22.1 Å². The summed E-state index contributed by atoms with van der Waals surface area (Å²) < 4.78 is 0. The maximum absolute atomic E-state index is 9.01. The second-order valence-corrected chi connectivity index (χ2v) is 4.12. The van der Waals surface area contributed by atoms with Gasteiger partial charge in [0.2, 0.25) is 0 Å². The topological polar surface area (TPSA) is 39.3 Å². The molecule has 0 spiro atoms. The van der Waals surface area contributed by atoms with E-state index in [-0.39, 0.29) is 0 Å². The minimum absolute atomic E-state index is 0.359. The van der Waals surface area contributed by atoms with Gasteiger partial charge in [0.05, 0.1) is 0 Å². The number of hydrogen-bond acceptors (Lipinski definition) is 2. The van der Waals surface area contributed by atoms with Crippen molar-refractivity contribution in [2.24, 2.45) is 5.92 Å². The van der Waals surface area contributed by atoms with Crippen LogP contribution in [0, 0.1) is 5.92 Å². The Morgan fingerprint density at radius 1 is 1.43 bits per heavy atom. The Balaban J connectivity index is 1.79. The molecule has 0 saturated carbocycles. The Bertz CT molecular complexity index is 250. The van der Waals surface area contributed by atoms with Crippen LogP contribution >= 0.6 is 0 Å². The molecular weight excluding hydrogens is 176 g/mol. The summed E-state index contributed by atoms with van der Waals surface area (Å²) in [6, 6.07) is 2.12. The van der Waals surface area contributed by atoms with E-state index in [1.165, 1.54) is 5.56 Å². The van der Waals surface area contributed by atoms with Crippen molar-refractivity contribution in [3.8, 4) is 0 Å². The van der Waals surface area contributed by atoms with Crippen molar-refractivity contribution in [1.82, 2.24) is 9.88 Å². The highest BCUT2D eigenvalue weighted by Crippen LogP contribution is 2.17. The van der Waals surface area contributed by atoms with Crippen LogP contribution in [-0.2, 0) is 6.54 Å². The molecule has 0 bridgehead atoms. The van der Waals surface area contributed by atoms with Gasteiger partial charge in [0.15, 0.2) is 0 Å². The van der Waals surface area contributed by atoms with E-state index in [1.807, 2.05) is 6.20 Å². The lowest BCUT2D eigenvalue weighted by atomic mass is 9.98. The number of H-pyrrole nitrogens is 1. The van der Waals surface area contributed by atoms with Crippen molar-refractivity contribution in [3.63, 3.8) is 0 Å².